The third kappa shape index (κ3) is 3.61. The van der Waals surface area contributed by atoms with E-state index in [0.717, 1.165) is 6.42 Å². The number of hydrogen-bond acceptors (Lipinski definition) is 5. The molecule has 2 rings (SSSR count). The third-order valence-corrected chi connectivity index (χ3v) is 3.63. The molecule has 1 aliphatic heterocycles. The molecule has 0 aliphatic carbocycles. The molecular weight excluding hydrogens is 290 g/mol. The van der Waals surface area contributed by atoms with Crippen molar-refractivity contribution < 1.29 is 14.5 Å². The summed E-state index contributed by atoms with van der Waals surface area (Å²) in [5, 5.41) is 13.4. The molecule has 2 amide bonds. The second kappa shape index (κ2) is 7.03. The van der Waals surface area contributed by atoms with Crippen LogP contribution in [0.2, 0.25) is 0 Å². The van der Waals surface area contributed by atoms with E-state index >= 15 is 0 Å². The predicted molar refractivity (Wildman–Crippen MR) is 78.1 cm³/mol. The van der Waals surface area contributed by atoms with Gasteiger partial charge in [-0.3, -0.25) is 19.7 Å². The minimum atomic E-state index is -0.563. The SMILES string of the molecule is NCCNC(=O)C1CCCN(C(=O)c2cc([N+](=O)[O-])c[nH]2)C1. The second-order valence-corrected chi connectivity index (χ2v) is 5.20. The Labute approximate surface area is 127 Å². The average molecular weight is 309 g/mol. The van der Waals surface area contributed by atoms with Crippen LogP contribution >= 0.6 is 0 Å². The van der Waals surface area contributed by atoms with Crippen molar-refractivity contribution >= 4 is 17.5 Å². The molecule has 9 nitrogen and oxygen atoms in total. The monoisotopic (exact) mass is 309 g/mol. The first-order valence-electron chi connectivity index (χ1n) is 7.12. The highest BCUT2D eigenvalue weighted by molar-refractivity contribution is 5.93. The van der Waals surface area contributed by atoms with Crippen molar-refractivity contribution in [2.45, 2.75) is 12.8 Å². The molecule has 0 aromatic carbocycles. The lowest BCUT2D eigenvalue weighted by Crippen LogP contribution is -2.46. The molecule has 120 valence electrons. The van der Waals surface area contributed by atoms with Gasteiger partial charge in [-0.15, -0.1) is 0 Å². The zero-order valence-corrected chi connectivity index (χ0v) is 12.1. The number of nitrogens with two attached hydrogens (primary N) is 1. The highest BCUT2D eigenvalue weighted by atomic mass is 16.6. The fourth-order valence-corrected chi connectivity index (χ4v) is 2.50. The summed E-state index contributed by atoms with van der Waals surface area (Å²) in [5.41, 5.74) is 5.35. The van der Waals surface area contributed by atoms with Crippen LogP contribution in [0.15, 0.2) is 12.3 Å². The van der Waals surface area contributed by atoms with Crippen molar-refractivity contribution in [1.29, 1.82) is 0 Å². The van der Waals surface area contributed by atoms with Gasteiger partial charge in [-0.25, -0.2) is 0 Å². The number of piperidine rings is 1. The van der Waals surface area contributed by atoms with Gasteiger partial charge < -0.3 is 20.9 Å². The van der Waals surface area contributed by atoms with Gasteiger partial charge in [-0.1, -0.05) is 0 Å². The molecule has 0 spiro atoms. The van der Waals surface area contributed by atoms with Gasteiger partial charge in [0.05, 0.1) is 17.0 Å². The quantitative estimate of drug-likeness (QED) is 0.513. The molecule has 4 N–H and O–H groups in total. The normalized spacial score (nSPS) is 18.0. The summed E-state index contributed by atoms with van der Waals surface area (Å²) in [6, 6.07) is 1.21. The molecule has 1 aromatic heterocycles. The number of carbonyl (C=O) groups excluding carboxylic acids is 2. The fourth-order valence-electron chi connectivity index (χ4n) is 2.50. The number of nitrogens with zero attached hydrogens (tertiary/aromatic N) is 2. The summed E-state index contributed by atoms with van der Waals surface area (Å²) in [4.78, 5) is 38.5. The van der Waals surface area contributed by atoms with E-state index in [-0.39, 0.29) is 29.1 Å². The van der Waals surface area contributed by atoms with Crippen LogP contribution in [0.5, 0.6) is 0 Å². The lowest BCUT2D eigenvalue weighted by molar-refractivity contribution is -0.384. The Morgan fingerprint density at radius 2 is 2.32 bits per heavy atom. The molecule has 0 bridgehead atoms. The van der Waals surface area contributed by atoms with Crippen LogP contribution in [0.1, 0.15) is 23.3 Å². The summed E-state index contributed by atoms with van der Waals surface area (Å²) >= 11 is 0. The number of nitro groups is 1. The van der Waals surface area contributed by atoms with Crippen LogP contribution in [0, 0.1) is 16.0 Å². The third-order valence-electron chi connectivity index (χ3n) is 3.63. The molecule has 22 heavy (non-hydrogen) atoms. The Balaban J connectivity index is 2.00. The Kier molecular flexibility index (Phi) is 5.10. The summed E-state index contributed by atoms with van der Waals surface area (Å²) in [5.74, 6) is -0.709. The van der Waals surface area contributed by atoms with E-state index in [4.69, 9.17) is 5.73 Å². The molecule has 0 saturated carbocycles. The van der Waals surface area contributed by atoms with Gasteiger partial charge in [0.1, 0.15) is 5.69 Å². The number of aromatic nitrogens is 1. The maximum atomic E-state index is 12.3. The van der Waals surface area contributed by atoms with Crippen LogP contribution in [-0.4, -0.2) is 52.8 Å². The van der Waals surface area contributed by atoms with Crippen molar-refractivity contribution in [3.05, 3.63) is 28.1 Å². The van der Waals surface area contributed by atoms with Crippen molar-refractivity contribution in [2.75, 3.05) is 26.2 Å². The molecule has 1 saturated heterocycles. The van der Waals surface area contributed by atoms with Gasteiger partial charge in [0.25, 0.3) is 11.6 Å². The molecule has 1 aliphatic rings. The standard InChI is InChI=1S/C13H19N5O4/c14-3-4-15-12(19)9-2-1-5-17(8-9)13(20)11-6-10(7-16-11)18(21)22/h6-7,9,16H,1-5,8,14H2,(H,15,19). The van der Waals surface area contributed by atoms with E-state index in [2.05, 4.69) is 10.3 Å². The number of H-pyrrole nitrogens is 1. The molecule has 1 unspecified atom stereocenters. The summed E-state index contributed by atoms with van der Waals surface area (Å²) < 4.78 is 0. The molecule has 1 atom stereocenters. The molecule has 2 heterocycles. The minimum Gasteiger partial charge on any atom is -0.355 e. The van der Waals surface area contributed by atoms with E-state index in [1.807, 2.05) is 0 Å². The Hall–Kier alpha value is -2.42. The van der Waals surface area contributed by atoms with Gasteiger partial charge in [0, 0.05) is 32.2 Å². The van der Waals surface area contributed by atoms with Crippen molar-refractivity contribution in [2.24, 2.45) is 11.7 Å². The molecule has 1 aromatic rings. The van der Waals surface area contributed by atoms with Crippen LogP contribution in [0.3, 0.4) is 0 Å². The van der Waals surface area contributed by atoms with E-state index in [9.17, 15) is 19.7 Å². The van der Waals surface area contributed by atoms with E-state index in [0.29, 0.717) is 32.6 Å². The van der Waals surface area contributed by atoms with Crippen molar-refractivity contribution in [3.63, 3.8) is 0 Å². The number of aromatic amines is 1. The lowest BCUT2D eigenvalue weighted by atomic mass is 9.97. The van der Waals surface area contributed by atoms with E-state index in [1.54, 1.807) is 4.90 Å². The summed E-state index contributed by atoms with van der Waals surface area (Å²) in [6.45, 7) is 1.62. The molecule has 1 fully saturated rings. The largest absolute Gasteiger partial charge is 0.355 e. The van der Waals surface area contributed by atoms with E-state index < -0.39 is 4.92 Å². The number of amides is 2. The maximum Gasteiger partial charge on any atom is 0.287 e. The second-order valence-electron chi connectivity index (χ2n) is 5.20. The highest BCUT2D eigenvalue weighted by Crippen LogP contribution is 2.20. The molecular formula is C13H19N5O4. The molecule has 9 heteroatoms. The van der Waals surface area contributed by atoms with Gasteiger partial charge >= 0.3 is 0 Å². The van der Waals surface area contributed by atoms with Gasteiger partial charge in [0.2, 0.25) is 5.91 Å². The summed E-state index contributed by atoms with van der Waals surface area (Å²) in [7, 11) is 0. The van der Waals surface area contributed by atoms with Crippen LogP contribution in [0.25, 0.3) is 0 Å². The van der Waals surface area contributed by atoms with Crippen molar-refractivity contribution in [3.8, 4) is 0 Å². The fraction of sp³-hybridized carbons (Fsp3) is 0.538. The first-order valence-corrected chi connectivity index (χ1v) is 7.12. The van der Waals surface area contributed by atoms with Crippen LogP contribution in [0.4, 0.5) is 5.69 Å². The number of carbonyl (C=O) groups is 2. The predicted octanol–water partition coefficient (Wildman–Crippen LogP) is -0.150. The zero-order chi connectivity index (χ0) is 16.1. The van der Waals surface area contributed by atoms with Gasteiger partial charge in [-0.2, -0.15) is 0 Å². The molecule has 0 radical (unpaired) electrons. The summed E-state index contributed by atoms with van der Waals surface area (Å²) in [6.07, 6.45) is 2.61. The Morgan fingerprint density at radius 3 is 2.95 bits per heavy atom. The average Bonchev–Trinajstić information content (AvgIpc) is 3.02. The van der Waals surface area contributed by atoms with Crippen LogP contribution < -0.4 is 11.1 Å². The number of likely N-dealkylation sites (tertiary alicyclic amines) is 1. The highest BCUT2D eigenvalue weighted by Gasteiger charge is 2.29. The van der Waals surface area contributed by atoms with Crippen LogP contribution in [-0.2, 0) is 4.79 Å². The van der Waals surface area contributed by atoms with Crippen molar-refractivity contribution in [1.82, 2.24) is 15.2 Å². The topological polar surface area (TPSA) is 134 Å². The van der Waals surface area contributed by atoms with E-state index in [1.165, 1.54) is 12.3 Å². The first kappa shape index (κ1) is 16.0. The smallest absolute Gasteiger partial charge is 0.287 e. The number of nitrogens with one attached hydrogen (secondary N) is 2. The van der Waals surface area contributed by atoms with Gasteiger partial charge in [0.15, 0.2) is 0 Å². The maximum absolute atomic E-state index is 12.3. The Morgan fingerprint density at radius 1 is 1.55 bits per heavy atom. The first-order chi connectivity index (χ1) is 10.5. The van der Waals surface area contributed by atoms with Gasteiger partial charge in [-0.05, 0) is 12.8 Å². The zero-order valence-electron chi connectivity index (χ0n) is 12.1. The number of rotatable bonds is 5. The Bertz CT molecular complexity index is 571. The lowest BCUT2D eigenvalue weighted by Gasteiger charge is -2.31. The number of hydrogen-bond donors (Lipinski definition) is 3. The minimum absolute atomic E-state index is 0.111.